The van der Waals surface area contributed by atoms with Gasteiger partial charge in [-0.15, -0.1) is 10.2 Å². The van der Waals surface area contributed by atoms with Crippen LogP contribution in [0.15, 0.2) is 24.4 Å². The zero-order valence-corrected chi connectivity index (χ0v) is 10.7. The fourth-order valence-electron chi connectivity index (χ4n) is 2.05. The Kier molecular flexibility index (Phi) is 3.30. The van der Waals surface area contributed by atoms with E-state index in [-0.39, 0.29) is 24.9 Å². The normalized spacial score (nSPS) is 18.8. The van der Waals surface area contributed by atoms with Crippen molar-refractivity contribution in [1.82, 2.24) is 30.5 Å². The summed E-state index contributed by atoms with van der Waals surface area (Å²) in [4.78, 5) is 22.9. The molecule has 1 fully saturated rings. The van der Waals surface area contributed by atoms with Gasteiger partial charge in [0, 0.05) is 12.7 Å². The summed E-state index contributed by atoms with van der Waals surface area (Å²) in [5, 5.41) is 16.3. The van der Waals surface area contributed by atoms with Gasteiger partial charge in [-0.25, -0.2) is 0 Å². The maximum absolute atomic E-state index is 12.0. The SMILES string of the molecule is O=C1CNC(C(=O)NCc2nnc3ccccn23)CN1. The van der Waals surface area contributed by atoms with E-state index in [4.69, 9.17) is 0 Å². The van der Waals surface area contributed by atoms with Crippen LogP contribution < -0.4 is 16.0 Å². The molecule has 2 aromatic rings. The molecule has 1 atom stereocenters. The number of aromatic nitrogens is 3. The van der Waals surface area contributed by atoms with Gasteiger partial charge >= 0.3 is 0 Å². The molecule has 0 saturated carbocycles. The van der Waals surface area contributed by atoms with E-state index in [0.29, 0.717) is 12.4 Å². The predicted octanol–water partition coefficient (Wildman–Crippen LogP) is -1.57. The molecular weight excluding hydrogens is 260 g/mol. The molecule has 8 nitrogen and oxygen atoms in total. The summed E-state index contributed by atoms with van der Waals surface area (Å²) >= 11 is 0. The number of hydrogen-bond donors (Lipinski definition) is 3. The monoisotopic (exact) mass is 274 g/mol. The smallest absolute Gasteiger partial charge is 0.239 e. The highest BCUT2D eigenvalue weighted by atomic mass is 16.2. The number of fused-ring (bicyclic) bond motifs is 1. The van der Waals surface area contributed by atoms with Gasteiger partial charge in [0.1, 0.15) is 6.04 Å². The lowest BCUT2D eigenvalue weighted by atomic mass is 10.2. The van der Waals surface area contributed by atoms with E-state index in [1.807, 2.05) is 28.8 Å². The van der Waals surface area contributed by atoms with Crippen molar-refractivity contribution in [3.63, 3.8) is 0 Å². The number of piperazine rings is 1. The van der Waals surface area contributed by atoms with Crippen molar-refractivity contribution in [2.24, 2.45) is 0 Å². The number of nitrogens with one attached hydrogen (secondary N) is 3. The van der Waals surface area contributed by atoms with Crippen molar-refractivity contribution < 1.29 is 9.59 Å². The average molecular weight is 274 g/mol. The van der Waals surface area contributed by atoms with Crippen LogP contribution in [0.1, 0.15) is 5.82 Å². The van der Waals surface area contributed by atoms with Crippen molar-refractivity contribution >= 4 is 17.5 Å². The van der Waals surface area contributed by atoms with E-state index in [2.05, 4.69) is 26.1 Å². The first kappa shape index (κ1) is 12.5. The van der Waals surface area contributed by atoms with Crippen LogP contribution in [0.2, 0.25) is 0 Å². The standard InChI is InChI=1S/C12H14N6O2/c19-11-7-13-8(5-14-11)12(20)15-6-10-17-16-9-3-1-2-4-18(9)10/h1-4,8,13H,5-7H2,(H,14,19)(H,15,20). The second-order valence-electron chi connectivity index (χ2n) is 4.50. The Hall–Kier alpha value is -2.48. The van der Waals surface area contributed by atoms with Gasteiger partial charge in [0.05, 0.1) is 13.1 Å². The van der Waals surface area contributed by atoms with Crippen LogP contribution in [-0.4, -0.2) is 45.5 Å². The first-order valence-electron chi connectivity index (χ1n) is 6.30. The highest BCUT2D eigenvalue weighted by Gasteiger charge is 2.23. The van der Waals surface area contributed by atoms with E-state index in [9.17, 15) is 9.59 Å². The number of hydrogen-bond acceptors (Lipinski definition) is 5. The zero-order valence-electron chi connectivity index (χ0n) is 10.7. The average Bonchev–Trinajstić information content (AvgIpc) is 2.89. The Morgan fingerprint density at radius 3 is 3.15 bits per heavy atom. The molecule has 0 radical (unpaired) electrons. The molecule has 3 N–H and O–H groups in total. The Bertz CT molecular complexity index is 642. The largest absolute Gasteiger partial charge is 0.353 e. The maximum atomic E-state index is 12.0. The molecule has 1 saturated heterocycles. The van der Waals surface area contributed by atoms with Gasteiger partial charge in [0.15, 0.2) is 11.5 Å². The van der Waals surface area contributed by atoms with Crippen molar-refractivity contribution in [3.05, 3.63) is 30.2 Å². The van der Waals surface area contributed by atoms with Gasteiger partial charge in [0.2, 0.25) is 11.8 Å². The molecule has 1 aliphatic rings. The Labute approximate surface area is 114 Å². The number of carbonyl (C=O) groups excluding carboxylic acids is 2. The van der Waals surface area contributed by atoms with Crippen molar-refractivity contribution in [2.75, 3.05) is 13.1 Å². The minimum Gasteiger partial charge on any atom is -0.353 e. The molecule has 8 heteroatoms. The van der Waals surface area contributed by atoms with E-state index < -0.39 is 6.04 Å². The molecular formula is C12H14N6O2. The third-order valence-corrected chi connectivity index (χ3v) is 3.13. The van der Waals surface area contributed by atoms with Crippen LogP contribution in [0.4, 0.5) is 0 Å². The highest BCUT2D eigenvalue weighted by molar-refractivity contribution is 5.86. The van der Waals surface area contributed by atoms with Gasteiger partial charge in [-0.1, -0.05) is 6.07 Å². The Morgan fingerprint density at radius 2 is 2.35 bits per heavy atom. The van der Waals surface area contributed by atoms with Crippen LogP contribution in [0, 0.1) is 0 Å². The molecule has 3 rings (SSSR count). The minimum atomic E-state index is -0.410. The number of nitrogens with zero attached hydrogens (tertiary/aromatic N) is 3. The van der Waals surface area contributed by atoms with E-state index in [1.54, 1.807) is 0 Å². The van der Waals surface area contributed by atoms with Crippen molar-refractivity contribution in [2.45, 2.75) is 12.6 Å². The van der Waals surface area contributed by atoms with Gasteiger partial charge < -0.3 is 10.6 Å². The first-order valence-corrected chi connectivity index (χ1v) is 6.30. The fourth-order valence-corrected chi connectivity index (χ4v) is 2.05. The molecule has 104 valence electrons. The number of rotatable bonds is 3. The van der Waals surface area contributed by atoms with Crippen LogP contribution in [-0.2, 0) is 16.1 Å². The van der Waals surface area contributed by atoms with Crippen LogP contribution >= 0.6 is 0 Å². The zero-order chi connectivity index (χ0) is 13.9. The Balaban J connectivity index is 1.61. The molecule has 1 aliphatic heterocycles. The topological polar surface area (TPSA) is 100 Å². The molecule has 0 bridgehead atoms. The molecule has 1 unspecified atom stereocenters. The summed E-state index contributed by atoms with van der Waals surface area (Å²) in [7, 11) is 0. The lowest BCUT2D eigenvalue weighted by Gasteiger charge is -2.22. The maximum Gasteiger partial charge on any atom is 0.239 e. The summed E-state index contributed by atoms with van der Waals surface area (Å²) in [6, 6.07) is 5.18. The lowest BCUT2D eigenvalue weighted by Crippen LogP contribution is -2.57. The summed E-state index contributed by atoms with van der Waals surface area (Å²) in [6.07, 6.45) is 1.84. The van der Waals surface area contributed by atoms with E-state index in [0.717, 1.165) is 5.65 Å². The summed E-state index contributed by atoms with van der Waals surface area (Å²) in [5.41, 5.74) is 0.736. The predicted molar refractivity (Wildman–Crippen MR) is 69.6 cm³/mol. The molecule has 0 aliphatic carbocycles. The third-order valence-electron chi connectivity index (χ3n) is 3.13. The second-order valence-corrected chi connectivity index (χ2v) is 4.50. The molecule has 3 heterocycles. The van der Waals surface area contributed by atoms with E-state index >= 15 is 0 Å². The molecule has 20 heavy (non-hydrogen) atoms. The second kappa shape index (κ2) is 5.25. The first-order chi connectivity index (χ1) is 9.74. The fraction of sp³-hybridized carbons (Fsp3) is 0.333. The highest BCUT2D eigenvalue weighted by Crippen LogP contribution is 2.02. The van der Waals surface area contributed by atoms with Crippen LogP contribution in [0.25, 0.3) is 5.65 Å². The number of amides is 2. The molecule has 0 aromatic carbocycles. The Morgan fingerprint density at radius 1 is 1.45 bits per heavy atom. The van der Waals surface area contributed by atoms with E-state index in [1.165, 1.54) is 0 Å². The quantitative estimate of drug-likeness (QED) is 0.628. The van der Waals surface area contributed by atoms with Gasteiger partial charge in [0.25, 0.3) is 0 Å². The summed E-state index contributed by atoms with van der Waals surface area (Å²) in [6.45, 7) is 0.743. The summed E-state index contributed by atoms with van der Waals surface area (Å²) < 4.78 is 1.82. The van der Waals surface area contributed by atoms with Gasteiger partial charge in [-0.3, -0.25) is 19.3 Å². The van der Waals surface area contributed by atoms with Crippen LogP contribution in [0.5, 0.6) is 0 Å². The summed E-state index contributed by atoms with van der Waals surface area (Å²) in [5.74, 6) is 0.393. The molecule has 2 amide bonds. The van der Waals surface area contributed by atoms with Crippen molar-refractivity contribution in [1.29, 1.82) is 0 Å². The van der Waals surface area contributed by atoms with Crippen LogP contribution in [0.3, 0.4) is 0 Å². The number of pyridine rings is 1. The molecule has 0 spiro atoms. The van der Waals surface area contributed by atoms with Gasteiger partial charge in [-0.05, 0) is 12.1 Å². The lowest BCUT2D eigenvalue weighted by molar-refractivity contribution is -0.126. The third kappa shape index (κ3) is 2.45. The number of carbonyl (C=O) groups is 2. The van der Waals surface area contributed by atoms with Crippen molar-refractivity contribution in [3.8, 4) is 0 Å². The minimum absolute atomic E-state index is 0.0995. The van der Waals surface area contributed by atoms with Gasteiger partial charge in [-0.2, -0.15) is 0 Å². The molecule has 2 aromatic heterocycles.